The van der Waals surface area contributed by atoms with Gasteiger partial charge < -0.3 is 14.2 Å². The zero-order chi connectivity index (χ0) is 21.8. The number of fused-ring (bicyclic) bond motifs is 1. The van der Waals surface area contributed by atoms with Crippen molar-refractivity contribution in [3.05, 3.63) is 78.1 Å². The molecule has 2 heterocycles. The lowest BCUT2D eigenvalue weighted by atomic mass is 10.1. The van der Waals surface area contributed by atoms with E-state index in [9.17, 15) is 9.67 Å². The SMILES string of the molecule is CCOP(=O)(OCC)c1nc2c(Cc3ccccc3)nc(-c3ccccc3)cn2c1O. The van der Waals surface area contributed by atoms with Gasteiger partial charge in [-0.15, -0.1) is 0 Å². The second-order valence-corrected chi connectivity index (χ2v) is 8.82. The van der Waals surface area contributed by atoms with E-state index < -0.39 is 7.60 Å². The van der Waals surface area contributed by atoms with Gasteiger partial charge in [-0.3, -0.25) is 8.97 Å². The minimum absolute atomic E-state index is 0.0995. The largest absolute Gasteiger partial charge is 0.492 e. The molecule has 160 valence electrons. The molecule has 0 amide bonds. The summed E-state index contributed by atoms with van der Waals surface area (Å²) in [5.74, 6) is -0.269. The van der Waals surface area contributed by atoms with Crippen LogP contribution in [0.5, 0.6) is 5.88 Å². The molecule has 0 atom stereocenters. The van der Waals surface area contributed by atoms with E-state index in [2.05, 4.69) is 4.98 Å². The zero-order valence-corrected chi connectivity index (χ0v) is 18.3. The Hall–Kier alpha value is -2.99. The molecule has 0 bridgehead atoms. The molecule has 31 heavy (non-hydrogen) atoms. The van der Waals surface area contributed by atoms with Gasteiger partial charge >= 0.3 is 7.60 Å². The van der Waals surface area contributed by atoms with E-state index in [1.807, 2.05) is 60.7 Å². The van der Waals surface area contributed by atoms with Crippen LogP contribution >= 0.6 is 7.60 Å². The van der Waals surface area contributed by atoms with Crippen molar-refractivity contribution in [2.24, 2.45) is 0 Å². The number of nitrogens with zero attached hydrogens (tertiary/aromatic N) is 3. The van der Waals surface area contributed by atoms with E-state index in [1.54, 1.807) is 20.0 Å². The van der Waals surface area contributed by atoms with Gasteiger partial charge in [0.15, 0.2) is 5.65 Å². The minimum atomic E-state index is -3.78. The van der Waals surface area contributed by atoms with Crippen molar-refractivity contribution in [3.63, 3.8) is 0 Å². The van der Waals surface area contributed by atoms with Gasteiger partial charge in [0.2, 0.25) is 11.3 Å². The second-order valence-electron chi connectivity index (χ2n) is 6.89. The second kappa shape index (κ2) is 9.02. The average molecular weight is 437 g/mol. The molecule has 0 aliphatic carbocycles. The highest BCUT2D eigenvalue weighted by atomic mass is 31.2. The Bertz CT molecular complexity index is 1220. The van der Waals surface area contributed by atoms with Crippen LogP contribution in [0.2, 0.25) is 0 Å². The van der Waals surface area contributed by atoms with Crippen molar-refractivity contribution >= 4 is 18.7 Å². The molecule has 0 aliphatic heterocycles. The van der Waals surface area contributed by atoms with Crippen LogP contribution in [-0.4, -0.2) is 32.7 Å². The first kappa shape index (κ1) is 21.2. The maximum Gasteiger partial charge on any atom is 0.385 e. The Morgan fingerprint density at radius 2 is 1.55 bits per heavy atom. The molecule has 7 nitrogen and oxygen atoms in total. The Balaban J connectivity index is 1.94. The Morgan fingerprint density at radius 3 is 2.16 bits per heavy atom. The Kier molecular flexibility index (Phi) is 6.18. The summed E-state index contributed by atoms with van der Waals surface area (Å²) in [6.07, 6.45) is 2.18. The van der Waals surface area contributed by atoms with E-state index in [4.69, 9.17) is 14.0 Å². The third kappa shape index (κ3) is 4.26. The highest BCUT2D eigenvalue weighted by molar-refractivity contribution is 7.62. The molecule has 0 fully saturated rings. The number of hydrogen-bond acceptors (Lipinski definition) is 6. The maximum atomic E-state index is 13.3. The van der Waals surface area contributed by atoms with Gasteiger partial charge in [-0.25, -0.2) is 9.97 Å². The molecule has 1 N–H and O–H groups in total. The minimum Gasteiger partial charge on any atom is -0.492 e. The monoisotopic (exact) mass is 437 g/mol. The highest BCUT2D eigenvalue weighted by Gasteiger charge is 2.35. The van der Waals surface area contributed by atoms with Gasteiger partial charge in [-0.2, -0.15) is 0 Å². The molecule has 0 saturated carbocycles. The van der Waals surface area contributed by atoms with E-state index in [1.165, 1.54) is 4.40 Å². The van der Waals surface area contributed by atoms with Crippen molar-refractivity contribution in [3.8, 4) is 17.1 Å². The van der Waals surface area contributed by atoms with Crippen molar-refractivity contribution in [2.45, 2.75) is 20.3 Å². The van der Waals surface area contributed by atoms with Gasteiger partial charge in [0.25, 0.3) is 0 Å². The topological polar surface area (TPSA) is 86.0 Å². The van der Waals surface area contributed by atoms with Crippen LogP contribution in [0.25, 0.3) is 16.9 Å². The number of benzene rings is 2. The molecule has 4 aromatic rings. The van der Waals surface area contributed by atoms with Crippen molar-refractivity contribution < 1.29 is 18.7 Å². The van der Waals surface area contributed by atoms with E-state index >= 15 is 0 Å². The maximum absolute atomic E-state index is 13.3. The molecule has 2 aromatic heterocycles. The van der Waals surface area contributed by atoms with Gasteiger partial charge in [0, 0.05) is 18.2 Å². The summed E-state index contributed by atoms with van der Waals surface area (Å²) in [5, 5.41) is 11.0. The summed E-state index contributed by atoms with van der Waals surface area (Å²) in [7, 11) is -3.78. The molecular formula is C23H24N3O4P. The van der Waals surface area contributed by atoms with Crippen LogP contribution in [0.4, 0.5) is 0 Å². The average Bonchev–Trinajstić information content (AvgIpc) is 3.13. The van der Waals surface area contributed by atoms with Crippen LogP contribution in [-0.2, 0) is 20.0 Å². The fraction of sp³-hybridized carbons (Fsp3) is 0.217. The third-order valence-corrected chi connectivity index (χ3v) is 6.79. The number of rotatable bonds is 8. The summed E-state index contributed by atoms with van der Waals surface area (Å²) in [6, 6.07) is 19.5. The van der Waals surface area contributed by atoms with Gasteiger partial charge in [-0.1, -0.05) is 60.7 Å². The predicted molar refractivity (Wildman–Crippen MR) is 120 cm³/mol. The lowest BCUT2D eigenvalue weighted by molar-refractivity contribution is 0.228. The molecule has 0 radical (unpaired) electrons. The fourth-order valence-corrected chi connectivity index (χ4v) is 4.99. The molecule has 0 aliphatic rings. The van der Waals surface area contributed by atoms with Gasteiger partial charge in [-0.05, 0) is 19.4 Å². The van der Waals surface area contributed by atoms with Gasteiger partial charge in [0.1, 0.15) is 0 Å². The summed E-state index contributed by atoms with van der Waals surface area (Å²) in [6.45, 7) is 3.76. The normalized spacial score (nSPS) is 11.8. The summed E-state index contributed by atoms with van der Waals surface area (Å²) < 4.78 is 25.7. The summed E-state index contributed by atoms with van der Waals surface area (Å²) in [4.78, 5) is 9.32. The first-order valence-electron chi connectivity index (χ1n) is 10.2. The molecular weight excluding hydrogens is 413 g/mol. The van der Waals surface area contributed by atoms with Crippen molar-refractivity contribution in [2.75, 3.05) is 13.2 Å². The first-order chi connectivity index (χ1) is 15.1. The number of aromatic hydroxyl groups is 1. The third-order valence-electron chi connectivity index (χ3n) is 4.77. The summed E-state index contributed by atoms with van der Waals surface area (Å²) in [5.41, 5.74) is 3.57. The van der Waals surface area contributed by atoms with E-state index in [0.29, 0.717) is 23.5 Å². The first-order valence-corrected chi connectivity index (χ1v) is 11.7. The molecule has 2 aromatic carbocycles. The molecule has 0 unspecified atom stereocenters. The Morgan fingerprint density at radius 1 is 0.935 bits per heavy atom. The number of imidazole rings is 1. The standard InChI is InChI=1S/C23H24N3O4P/c1-3-29-31(28,30-4-2)22-23(27)26-16-20(18-13-9-6-10-14-18)24-19(21(26)25-22)15-17-11-7-5-8-12-17/h5-14,16,27H,3-4,15H2,1-2H3. The molecule has 8 heteroatoms. The van der Waals surface area contributed by atoms with E-state index in [-0.39, 0.29) is 24.5 Å². The van der Waals surface area contributed by atoms with Crippen LogP contribution in [0.15, 0.2) is 66.9 Å². The fourth-order valence-electron chi connectivity index (χ4n) is 3.42. The van der Waals surface area contributed by atoms with Crippen LogP contribution in [0.1, 0.15) is 25.1 Å². The van der Waals surface area contributed by atoms with Gasteiger partial charge in [0.05, 0.1) is 24.6 Å². The highest BCUT2D eigenvalue weighted by Crippen LogP contribution is 2.49. The zero-order valence-electron chi connectivity index (χ0n) is 17.4. The van der Waals surface area contributed by atoms with E-state index in [0.717, 1.165) is 11.1 Å². The molecule has 4 rings (SSSR count). The Labute approximate surface area is 180 Å². The quantitative estimate of drug-likeness (QED) is 0.406. The van der Waals surface area contributed by atoms with Crippen molar-refractivity contribution in [1.82, 2.24) is 14.4 Å². The van der Waals surface area contributed by atoms with Crippen LogP contribution < -0.4 is 5.44 Å². The predicted octanol–water partition coefficient (Wildman–Crippen LogP) is 4.58. The lowest BCUT2D eigenvalue weighted by Gasteiger charge is -2.14. The number of aromatic nitrogens is 3. The number of hydrogen-bond donors (Lipinski definition) is 1. The molecule has 0 saturated heterocycles. The molecule has 0 spiro atoms. The summed E-state index contributed by atoms with van der Waals surface area (Å²) >= 11 is 0. The smallest absolute Gasteiger partial charge is 0.385 e. The van der Waals surface area contributed by atoms with Crippen LogP contribution in [0, 0.1) is 0 Å². The van der Waals surface area contributed by atoms with Crippen molar-refractivity contribution in [1.29, 1.82) is 0 Å². The lowest BCUT2D eigenvalue weighted by Crippen LogP contribution is -2.12. The van der Waals surface area contributed by atoms with Crippen LogP contribution in [0.3, 0.4) is 0 Å².